The normalized spacial score (nSPS) is 10.2. The monoisotopic (exact) mass is 312 g/mol. The first kappa shape index (κ1) is 16.9. The van der Waals surface area contributed by atoms with Crippen LogP contribution in [0.25, 0.3) is 0 Å². The lowest BCUT2D eigenvalue weighted by Crippen LogP contribution is -2.30. The number of rotatable bonds is 7. The topological polar surface area (TPSA) is 41.6 Å². The molecule has 0 radical (unpaired) electrons. The maximum absolute atomic E-state index is 11.8. The third kappa shape index (κ3) is 5.66. The summed E-state index contributed by atoms with van der Waals surface area (Å²) in [6, 6.07) is 16.0. The van der Waals surface area contributed by atoms with Crippen LogP contribution < -0.4 is 15.0 Å². The zero-order valence-corrected chi connectivity index (χ0v) is 14.0. The Balaban J connectivity index is 1.70. The fourth-order valence-corrected chi connectivity index (χ4v) is 2.21. The van der Waals surface area contributed by atoms with E-state index >= 15 is 0 Å². The average Bonchev–Trinajstić information content (AvgIpc) is 2.53. The van der Waals surface area contributed by atoms with Crippen LogP contribution in [0.3, 0.4) is 0 Å². The van der Waals surface area contributed by atoms with Gasteiger partial charge in [0.15, 0.2) is 6.61 Å². The van der Waals surface area contributed by atoms with Gasteiger partial charge in [-0.15, -0.1) is 0 Å². The number of carbonyl (C=O) groups is 1. The van der Waals surface area contributed by atoms with Crippen LogP contribution in [0, 0.1) is 6.92 Å². The van der Waals surface area contributed by atoms with Gasteiger partial charge < -0.3 is 15.0 Å². The Labute approximate surface area is 138 Å². The van der Waals surface area contributed by atoms with Crippen LogP contribution in [-0.4, -0.2) is 33.2 Å². The molecule has 0 heterocycles. The predicted octanol–water partition coefficient (Wildman–Crippen LogP) is 2.80. The molecule has 0 bridgehead atoms. The SMILES string of the molecule is Cc1cccc(OCC(=O)NCCc2ccc(N(C)C)cc2)c1. The van der Waals surface area contributed by atoms with Crippen molar-refractivity contribution in [1.29, 1.82) is 0 Å². The minimum absolute atomic E-state index is 0.0447. The van der Waals surface area contributed by atoms with Gasteiger partial charge >= 0.3 is 0 Å². The number of hydrogen-bond donors (Lipinski definition) is 1. The third-order valence-corrected chi connectivity index (χ3v) is 3.55. The van der Waals surface area contributed by atoms with E-state index in [2.05, 4.69) is 34.5 Å². The van der Waals surface area contributed by atoms with Crippen LogP contribution in [0.5, 0.6) is 5.75 Å². The van der Waals surface area contributed by atoms with Crippen LogP contribution in [0.4, 0.5) is 5.69 Å². The van der Waals surface area contributed by atoms with E-state index in [9.17, 15) is 4.79 Å². The molecule has 2 aromatic rings. The van der Waals surface area contributed by atoms with E-state index in [-0.39, 0.29) is 12.5 Å². The average molecular weight is 312 g/mol. The Kier molecular flexibility index (Phi) is 6.03. The quantitative estimate of drug-likeness (QED) is 0.855. The lowest BCUT2D eigenvalue weighted by Gasteiger charge is -2.13. The van der Waals surface area contributed by atoms with Crippen LogP contribution in [0.15, 0.2) is 48.5 Å². The molecule has 2 aromatic carbocycles. The van der Waals surface area contributed by atoms with Gasteiger partial charge in [-0.25, -0.2) is 0 Å². The molecule has 122 valence electrons. The molecule has 1 N–H and O–H groups in total. The highest BCUT2D eigenvalue weighted by Crippen LogP contribution is 2.13. The molecule has 23 heavy (non-hydrogen) atoms. The molecule has 0 fully saturated rings. The fourth-order valence-electron chi connectivity index (χ4n) is 2.21. The largest absolute Gasteiger partial charge is 0.484 e. The standard InChI is InChI=1S/C19H24N2O2/c1-15-5-4-6-18(13-15)23-14-19(22)20-12-11-16-7-9-17(10-8-16)21(2)3/h4-10,13H,11-12,14H2,1-3H3,(H,20,22). The van der Waals surface area contributed by atoms with Crippen molar-refractivity contribution >= 4 is 11.6 Å². The minimum Gasteiger partial charge on any atom is -0.484 e. The van der Waals surface area contributed by atoms with Crippen molar-refractivity contribution in [3.8, 4) is 5.75 Å². The molecule has 4 heteroatoms. The van der Waals surface area contributed by atoms with Gasteiger partial charge in [-0.05, 0) is 48.7 Å². The maximum Gasteiger partial charge on any atom is 0.257 e. The number of nitrogens with one attached hydrogen (secondary N) is 1. The molecule has 4 nitrogen and oxygen atoms in total. The zero-order chi connectivity index (χ0) is 16.7. The molecule has 0 saturated heterocycles. The number of benzene rings is 2. The van der Waals surface area contributed by atoms with Crippen molar-refractivity contribution < 1.29 is 9.53 Å². The Bertz CT molecular complexity index is 636. The van der Waals surface area contributed by atoms with E-state index < -0.39 is 0 Å². The Morgan fingerprint density at radius 2 is 1.87 bits per heavy atom. The lowest BCUT2D eigenvalue weighted by atomic mass is 10.1. The molecule has 0 unspecified atom stereocenters. The van der Waals surface area contributed by atoms with E-state index in [0.717, 1.165) is 17.7 Å². The highest BCUT2D eigenvalue weighted by Gasteiger charge is 2.03. The van der Waals surface area contributed by atoms with Gasteiger partial charge in [0.05, 0.1) is 0 Å². The first-order valence-electron chi connectivity index (χ1n) is 7.77. The van der Waals surface area contributed by atoms with Gasteiger partial charge in [0.2, 0.25) is 0 Å². The molecular formula is C19H24N2O2. The van der Waals surface area contributed by atoms with Crippen molar-refractivity contribution in [2.45, 2.75) is 13.3 Å². The van der Waals surface area contributed by atoms with E-state index in [1.54, 1.807) is 0 Å². The molecule has 1 amide bonds. The number of carbonyl (C=O) groups excluding carboxylic acids is 1. The van der Waals surface area contributed by atoms with Gasteiger partial charge in [-0.3, -0.25) is 4.79 Å². The number of nitrogens with zero attached hydrogens (tertiary/aromatic N) is 1. The van der Waals surface area contributed by atoms with Crippen molar-refractivity contribution in [3.05, 3.63) is 59.7 Å². The summed E-state index contributed by atoms with van der Waals surface area (Å²) < 4.78 is 5.48. The van der Waals surface area contributed by atoms with Gasteiger partial charge in [-0.2, -0.15) is 0 Å². The van der Waals surface area contributed by atoms with Gasteiger partial charge in [-0.1, -0.05) is 24.3 Å². The Hall–Kier alpha value is -2.49. The van der Waals surface area contributed by atoms with E-state index in [0.29, 0.717) is 6.54 Å². The number of ether oxygens (including phenoxy) is 1. The molecule has 0 spiro atoms. The highest BCUT2D eigenvalue weighted by atomic mass is 16.5. The Morgan fingerprint density at radius 3 is 2.52 bits per heavy atom. The number of aryl methyl sites for hydroxylation is 1. The maximum atomic E-state index is 11.8. The summed E-state index contributed by atoms with van der Waals surface area (Å²) in [6.45, 7) is 2.65. The second-order valence-corrected chi connectivity index (χ2v) is 5.77. The summed E-state index contributed by atoms with van der Waals surface area (Å²) in [5, 5.41) is 2.88. The first-order chi connectivity index (χ1) is 11.0. The van der Waals surface area contributed by atoms with Gasteiger partial charge in [0.1, 0.15) is 5.75 Å². The summed E-state index contributed by atoms with van der Waals surface area (Å²) in [6.07, 6.45) is 0.809. The van der Waals surface area contributed by atoms with E-state index in [1.165, 1.54) is 11.3 Å². The van der Waals surface area contributed by atoms with Crippen LogP contribution in [0.1, 0.15) is 11.1 Å². The number of hydrogen-bond acceptors (Lipinski definition) is 3. The molecule has 0 aliphatic heterocycles. The fraction of sp³-hybridized carbons (Fsp3) is 0.316. The molecular weight excluding hydrogens is 288 g/mol. The first-order valence-corrected chi connectivity index (χ1v) is 7.77. The molecule has 0 atom stereocenters. The van der Waals surface area contributed by atoms with Gasteiger partial charge in [0.25, 0.3) is 5.91 Å². The zero-order valence-electron chi connectivity index (χ0n) is 14.0. The van der Waals surface area contributed by atoms with Crippen molar-refractivity contribution in [3.63, 3.8) is 0 Å². The summed E-state index contributed by atoms with van der Waals surface area (Å²) >= 11 is 0. The molecule has 0 aliphatic carbocycles. The third-order valence-electron chi connectivity index (χ3n) is 3.55. The Morgan fingerprint density at radius 1 is 1.13 bits per heavy atom. The van der Waals surface area contributed by atoms with Gasteiger partial charge in [0, 0.05) is 26.3 Å². The summed E-state index contributed by atoms with van der Waals surface area (Å²) in [5.41, 5.74) is 3.49. The van der Waals surface area contributed by atoms with Crippen LogP contribution in [-0.2, 0) is 11.2 Å². The molecule has 0 aromatic heterocycles. The van der Waals surface area contributed by atoms with Crippen LogP contribution >= 0.6 is 0 Å². The van der Waals surface area contributed by atoms with Crippen LogP contribution in [0.2, 0.25) is 0 Å². The smallest absolute Gasteiger partial charge is 0.257 e. The lowest BCUT2D eigenvalue weighted by molar-refractivity contribution is -0.123. The van der Waals surface area contributed by atoms with E-state index in [4.69, 9.17) is 4.74 Å². The summed E-state index contributed by atoms with van der Waals surface area (Å²) in [4.78, 5) is 13.9. The number of anilines is 1. The van der Waals surface area contributed by atoms with E-state index in [1.807, 2.05) is 45.3 Å². The minimum atomic E-state index is -0.101. The summed E-state index contributed by atoms with van der Waals surface area (Å²) in [5.74, 6) is 0.621. The van der Waals surface area contributed by atoms with Crippen molar-refractivity contribution in [2.24, 2.45) is 0 Å². The molecule has 0 aliphatic rings. The highest BCUT2D eigenvalue weighted by molar-refractivity contribution is 5.77. The number of amides is 1. The predicted molar refractivity (Wildman–Crippen MR) is 94.2 cm³/mol. The molecule has 2 rings (SSSR count). The second-order valence-electron chi connectivity index (χ2n) is 5.77. The van der Waals surface area contributed by atoms with Crippen molar-refractivity contribution in [1.82, 2.24) is 5.32 Å². The molecule has 0 saturated carbocycles. The summed E-state index contributed by atoms with van der Waals surface area (Å²) in [7, 11) is 4.03. The second kappa shape index (κ2) is 8.22. The van der Waals surface area contributed by atoms with Crippen molar-refractivity contribution in [2.75, 3.05) is 32.1 Å².